The summed E-state index contributed by atoms with van der Waals surface area (Å²) in [6.45, 7) is 13.2. The van der Waals surface area contributed by atoms with Gasteiger partial charge in [-0.05, 0) is 92.3 Å². The van der Waals surface area contributed by atoms with E-state index in [9.17, 15) is 9.90 Å². The third kappa shape index (κ3) is 5.23. The molecule has 1 aliphatic carbocycles. The Morgan fingerprint density at radius 2 is 1.44 bits per heavy atom. The molecule has 0 spiro atoms. The third-order valence-electron chi connectivity index (χ3n) is 7.47. The van der Waals surface area contributed by atoms with Crippen LogP contribution in [0.2, 0.25) is 0 Å². The maximum atomic E-state index is 12.9. The van der Waals surface area contributed by atoms with Crippen LogP contribution in [0.5, 0.6) is 0 Å². The van der Waals surface area contributed by atoms with Gasteiger partial charge in [0.1, 0.15) is 5.76 Å². The second-order valence-electron chi connectivity index (χ2n) is 10.4. The minimum atomic E-state index is -0.913. The standard InChI is InChI=1S/C36H36O3/c1-7-13-29(14-8-2)39-34(37)27-21-23-28(24-22-27)36(26(4)20-19-25(3)35(5,6)38)32-17-11-9-15-30(32)31-16-10-12-18-33(31)36/h7-24,38H,1H2,2-6H3/b14-8-,25-19+,26-20+,29-13+. The predicted molar refractivity (Wildman–Crippen MR) is 161 cm³/mol. The van der Waals surface area contributed by atoms with Crippen LogP contribution < -0.4 is 0 Å². The van der Waals surface area contributed by atoms with E-state index in [1.54, 1.807) is 32.1 Å². The summed E-state index contributed by atoms with van der Waals surface area (Å²) in [5, 5.41) is 10.5. The van der Waals surface area contributed by atoms with Crippen molar-refractivity contribution < 1.29 is 14.6 Å². The monoisotopic (exact) mass is 516 g/mol. The summed E-state index contributed by atoms with van der Waals surface area (Å²) in [5.41, 5.74) is 6.79. The van der Waals surface area contributed by atoms with Gasteiger partial charge in [-0.1, -0.05) is 97.1 Å². The molecule has 0 aliphatic heterocycles. The molecule has 1 N–H and O–H groups in total. The number of hydrogen-bond donors (Lipinski definition) is 1. The number of carbonyl (C=O) groups excluding carboxylic acids is 1. The van der Waals surface area contributed by atoms with Crippen molar-refractivity contribution in [2.45, 2.75) is 45.6 Å². The smallest absolute Gasteiger partial charge is 0.343 e. The van der Waals surface area contributed by atoms with Gasteiger partial charge in [-0.15, -0.1) is 0 Å². The summed E-state index contributed by atoms with van der Waals surface area (Å²) in [6.07, 6.45) is 10.9. The molecule has 0 aromatic heterocycles. The van der Waals surface area contributed by atoms with Crippen LogP contribution in [0, 0.1) is 0 Å². The highest BCUT2D eigenvalue weighted by atomic mass is 16.5. The van der Waals surface area contributed by atoms with E-state index in [0.717, 1.165) is 16.7 Å². The van der Waals surface area contributed by atoms with Crippen molar-refractivity contribution >= 4 is 5.97 Å². The van der Waals surface area contributed by atoms with E-state index in [1.165, 1.54) is 22.3 Å². The number of esters is 1. The topological polar surface area (TPSA) is 46.5 Å². The predicted octanol–water partition coefficient (Wildman–Crippen LogP) is 8.47. The molecule has 39 heavy (non-hydrogen) atoms. The molecular formula is C36H36O3. The second kappa shape index (κ2) is 11.3. The third-order valence-corrected chi connectivity index (χ3v) is 7.47. The zero-order chi connectivity index (χ0) is 28.2. The van der Waals surface area contributed by atoms with Crippen LogP contribution in [0.1, 0.15) is 61.7 Å². The maximum Gasteiger partial charge on any atom is 0.343 e. The molecule has 3 heteroatoms. The first kappa shape index (κ1) is 27.8. The molecule has 0 amide bonds. The van der Waals surface area contributed by atoms with Gasteiger partial charge in [0.2, 0.25) is 0 Å². The summed E-state index contributed by atoms with van der Waals surface area (Å²) >= 11 is 0. The van der Waals surface area contributed by atoms with E-state index in [2.05, 4.69) is 68.1 Å². The van der Waals surface area contributed by atoms with E-state index >= 15 is 0 Å². The quantitative estimate of drug-likeness (QED) is 0.186. The van der Waals surface area contributed by atoms with Crippen molar-refractivity contribution in [3.63, 3.8) is 0 Å². The zero-order valence-electron chi connectivity index (χ0n) is 23.4. The molecule has 4 rings (SSSR count). The summed E-state index contributed by atoms with van der Waals surface area (Å²) < 4.78 is 5.59. The van der Waals surface area contributed by atoms with E-state index in [1.807, 2.05) is 50.3 Å². The summed E-state index contributed by atoms with van der Waals surface area (Å²) in [7, 11) is 0. The van der Waals surface area contributed by atoms with Gasteiger partial charge in [0, 0.05) is 0 Å². The van der Waals surface area contributed by atoms with Crippen molar-refractivity contribution in [2.75, 3.05) is 0 Å². The highest BCUT2D eigenvalue weighted by Crippen LogP contribution is 2.56. The van der Waals surface area contributed by atoms with Crippen molar-refractivity contribution in [3.05, 3.63) is 155 Å². The van der Waals surface area contributed by atoms with Crippen molar-refractivity contribution in [3.8, 4) is 11.1 Å². The van der Waals surface area contributed by atoms with Gasteiger partial charge in [-0.2, -0.15) is 0 Å². The van der Waals surface area contributed by atoms with Crippen molar-refractivity contribution in [1.29, 1.82) is 0 Å². The van der Waals surface area contributed by atoms with Gasteiger partial charge >= 0.3 is 5.97 Å². The molecule has 0 fully saturated rings. The fourth-order valence-electron chi connectivity index (χ4n) is 5.20. The van der Waals surface area contributed by atoms with Gasteiger partial charge < -0.3 is 9.84 Å². The van der Waals surface area contributed by atoms with Gasteiger partial charge in [-0.25, -0.2) is 4.79 Å². The number of benzene rings is 3. The highest BCUT2D eigenvalue weighted by Gasteiger charge is 2.45. The van der Waals surface area contributed by atoms with Crippen LogP contribution in [0.3, 0.4) is 0 Å². The average molecular weight is 517 g/mol. The van der Waals surface area contributed by atoms with Crippen LogP contribution in [-0.2, 0) is 10.2 Å². The molecule has 198 valence electrons. The first-order valence-electron chi connectivity index (χ1n) is 13.2. The molecule has 3 aromatic rings. The Balaban J connectivity index is 1.89. The summed E-state index contributed by atoms with van der Waals surface area (Å²) in [5.74, 6) is 0.00876. The lowest BCUT2D eigenvalue weighted by atomic mass is 9.67. The molecule has 0 heterocycles. The molecule has 0 radical (unpaired) electrons. The van der Waals surface area contributed by atoms with Gasteiger partial charge in [0.15, 0.2) is 0 Å². The number of ether oxygens (including phenoxy) is 1. The molecule has 0 atom stereocenters. The van der Waals surface area contributed by atoms with E-state index < -0.39 is 17.0 Å². The first-order chi connectivity index (χ1) is 18.6. The van der Waals surface area contributed by atoms with Gasteiger partial charge in [-0.3, -0.25) is 0 Å². The fourth-order valence-corrected chi connectivity index (χ4v) is 5.20. The molecule has 0 bridgehead atoms. The Kier molecular flexibility index (Phi) is 8.03. The Morgan fingerprint density at radius 1 is 0.872 bits per heavy atom. The SMILES string of the molecule is C=C/C=C(\C=C/C)OC(=O)c1ccc(C2(/C(C)=C/C=C(\C)C(C)(C)O)c3ccccc3-c3ccccc32)cc1. The number of rotatable bonds is 8. The first-order valence-corrected chi connectivity index (χ1v) is 13.2. The minimum absolute atomic E-state index is 0.426. The molecule has 0 saturated heterocycles. The minimum Gasteiger partial charge on any atom is -0.423 e. The molecule has 3 aromatic carbocycles. The van der Waals surface area contributed by atoms with E-state index in [4.69, 9.17) is 4.74 Å². The lowest BCUT2D eigenvalue weighted by Crippen LogP contribution is -2.28. The average Bonchev–Trinajstić information content (AvgIpc) is 3.23. The molecular weight excluding hydrogens is 480 g/mol. The van der Waals surface area contributed by atoms with E-state index in [-0.39, 0.29) is 0 Å². The van der Waals surface area contributed by atoms with Crippen LogP contribution >= 0.6 is 0 Å². The highest BCUT2D eigenvalue weighted by molar-refractivity contribution is 5.91. The fraction of sp³-hybridized carbons (Fsp3) is 0.194. The van der Waals surface area contributed by atoms with Gasteiger partial charge in [0.05, 0.1) is 16.6 Å². The van der Waals surface area contributed by atoms with Crippen molar-refractivity contribution in [2.24, 2.45) is 0 Å². The summed E-state index contributed by atoms with van der Waals surface area (Å²) in [6, 6.07) is 24.7. The Hall–Kier alpha value is -4.21. The Morgan fingerprint density at radius 3 is 1.95 bits per heavy atom. The second-order valence-corrected chi connectivity index (χ2v) is 10.4. The molecule has 0 saturated carbocycles. The number of hydrogen-bond acceptors (Lipinski definition) is 3. The number of carbonyl (C=O) groups is 1. The van der Waals surface area contributed by atoms with Crippen LogP contribution in [-0.4, -0.2) is 16.7 Å². The van der Waals surface area contributed by atoms with E-state index in [0.29, 0.717) is 11.3 Å². The Bertz CT molecular complexity index is 1460. The maximum absolute atomic E-state index is 12.9. The molecule has 1 aliphatic rings. The van der Waals surface area contributed by atoms with Crippen LogP contribution in [0.25, 0.3) is 11.1 Å². The number of fused-ring (bicyclic) bond motifs is 3. The van der Waals surface area contributed by atoms with Gasteiger partial charge in [0.25, 0.3) is 0 Å². The number of allylic oxidation sites excluding steroid dienone is 7. The largest absolute Gasteiger partial charge is 0.423 e. The normalized spacial score (nSPS) is 15.2. The van der Waals surface area contributed by atoms with Crippen LogP contribution in [0.4, 0.5) is 0 Å². The van der Waals surface area contributed by atoms with Crippen LogP contribution in [0.15, 0.2) is 133 Å². The Labute approximate surface area is 232 Å². The zero-order valence-corrected chi connectivity index (χ0v) is 23.4. The number of aliphatic hydroxyl groups is 1. The molecule has 0 unspecified atom stereocenters. The molecule has 3 nitrogen and oxygen atoms in total. The van der Waals surface area contributed by atoms with Crippen molar-refractivity contribution in [1.82, 2.24) is 0 Å². The lowest BCUT2D eigenvalue weighted by Gasteiger charge is -2.34. The summed E-state index contributed by atoms with van der Waals surface area (Å²) in [4.78, 5) is 12.9. The lowest BCUT2D eigenvalue weighted by molar-refractivity contribution is 0.0637.